The molecule has 22 heavy (non-hydrogen) atoms. The van der Waals surface area contributed by atoms with Crippen LogP contribution in [0.15, 0.2) is 22.7 Å². The standard InChI is InChI=1S/C16H17N3O3/c1-9-12-7-11(20-2)3-4-13(12)17-14(9)16-18-15(19-22-16)10-5-6-21-8-10/h3-4,7,10,17H,5-6,8H2,1-2H3. The molecular weight excluding hydrogens is 282 g/mol. The van der Waals surface area contributed by atoms with Crippen LogP contribution >= 0.6 is 0 Å². The molecule has 1 aliphatic rings. The van der Waals surface area contributed by atoms with Crippen LogP contribution in [0.1, 0.15) is 23.7 Å². The highest BCUT2D eigenvalue weighted by atomic mass is 16.5. The molecule has 4 rings (SSSR count). The molecule has 0 spiro atoms. The molecule has 1 atom stereocenters. The number of nitrogens with zero attached hydrogens (tertiary/aromatic N) is 2. The van der Waals surface area contributed by atoms with Crippen molar-refractivity contribution in [1.29, 1.82) is 0 Å². The van der Waals surface area contributed by atoms with Gasteiger partial charge in [-0.15, -0.1) is 0 Å². The average Bonchev–Trinajstić information content (AvgIpc) is 3.26. The first-order chi connectivity index (χ1) is 10.8. The molecule has 0 aliphatic carbocycles. The van der Waals surface area contributed by atoms with Crippen LogP contribution < -0.4 is 4.74 Å². The molecule has 1 aliphatic heterocycles. The number of fused-ring (bicyclic) bond motifs is 1. The van der Waals surface area contributed by atoms with E-state index in [4.69, 9.17) is 14.0 Å². The van der Waals surface area contributed by atoms with Crippen LogP contribution in [0.5, 0.6) is 5.75 Å². The second-order valence-electron chi connectivity index (χ2n) is 5.55. The van der Waals surface area contributed by atoms with E-state index in [0.29, 0.717) is 12.5 Å². The molecule has 0 saturated carbocycles. The van der Waals surface area contributed by atoms with E-state index < -0.39 is 0 Å². The topological polar surface area (TPSA) is 73.2 Å². The van der Waals surface area contributed by atoms with Crippen LogP contribution in [-0.4, -0.2) is 35.4 Å². The van der Waals surface area contributed by atoms with Crippen molar-refractivity contribution < 1.29 is 14.0 Å². The zero-order chi connectivity index (χ0) is 15.1. The molecule has 1 saturated heterocycles. The molecule has 1 aromatic carbocycles. The first kappa shape index (κ1) is 13.3. The van der Waals surface area contributed by atoms with Crippen LogP contribution in [0.25, 0.3) is 22.5 Å². The number of H-pyrrole nitrogens is 1. The Morgan fingerprint density at radius 1 is 1.36 bits per heavy atom. The second kappa shape index (κ2) is 5.14. The van der Waals surface area contributed by atoms with Crippen LogP contribution in [0.2, 0.25) is 0 Å². The van der Waals surface area contributed by atoms with Gasteiger partial charge >= 0.3 is 0 Å². The summed E-state index contributed by atoms with van der Waals surface area (Å²) in [4.78, 5) is 7.89. The zero-order valence-corrected chi connectivity index (χ0v) is 12.5. The van der Waals surface area contributed by atoms with Gasteiger partial charge in [0.05, 0.1) is 13.7 Å². The van der Waals surface area contributed by atoms with Crippen LogP contribution in [0, 0.1) is 6.92 Å². The number of aryl methyl sites for hydroxylation is 1. The maximum Gasteiger partial charge on any atom is 0.274 e. The third-order valence-corrected chi connectivity index (χ3v) is 4.22. The lowest BCUT2D eigenvalue weighted by Crippen LogP contribution is -1.99. The molecule has 114 valence electrons. The van der Waals surface area contributed by atoms with Crippen molar-refractivity contribution in [2.75, 3.05) is 20.3 Å². The van der Waals surface area contributed by atoms with E-state index in [-0.39, 0.29) is 5.92 Å². The molecule has 1 fully saturated rings. The van der Waals surface area contributed by atoms with E-state index >= 15 is 0 Å². The summed E-state index contributed by atoms with van der Waals surface area (Å²) in [6.45, 7) is 3.47. The summed E-state index contributed by atoms with van der Waals surface area (Å²) in [5.41, 5.74) is 2.96. The minimum Gasteiger partial charge on any atom is -0.497 e. The minimum absolute atomic E-state index is 0.238. The fraction of sp³-hybridized carbons (Fsp3) is 0.375. The SMILES string of the molecule is COc1ccc2[nH]c(-c3nc(C4CCOC4)no3)c(C)c2c1. The van der Waals surface area contributed by atoms with Crippen molar-refractivity contribution in [2.45, 2.75) is 19.3 Å². The van der Waals surface area contributed by atoms with E-state index in [1.807, 2.05) is 25.1 Å². The first-order valence-corrected chi connectivity index (χ1v) is 7.34. The Morgan fingerprint density at radius 2 is 2.27 bits per heavy atom. The maximum absolute atomic E-state index is 5.45. The van der Waals surface area contributed by atoms with Crippen molar-refractivity contribution in [3.8, 4) is 17.3 Å². The predicted molar refractivity (Wildman–Crippen MR) is 81.1 cm³/mol. The number of hydrogen-bond acceptors (Lipinski definition) is 5. The van der Waals surface area contributed by atoms with E-state index in [1.54, 1.807) is 7.11 Å². The van der Waals surface area contributed by atoms with Gasteiger partial charge in [-0.25, -0.2) is 0 Å². The fourth-order valence-electron chi connectivity index (χ4n) is 2.89. The number of hydrogen-bond donors (Lipinski definition) is 1. The summed E-state index contributed by atoms with van der Waals surface area (Å²) in [7, 11) is 1.66. The molecule has 0 bridgehead atoms. The molecule has 3 heterocycles. The van der Waals surface area contributed by atoms with Crippen molar-refractivity contribution in [1.82, 2.24) is 15.1 Å². The third kappa shape index (κ3) is 2.07. The van der Waals surface area contributed by atoms with Gasteiger partial charge in [0.15, 0.2) is 5.82 Å². The lowest BCUT2D eigenvalue weighted by Gasteiger charge is -1.99. The molecule has 0 amide bonds. The Morgan fingerprint density at radius 3 is 3.05 bits per heavy atom. The third-order valence-electron chi connectivity index (χ3n) is 4.22. The van der Waals surface area contributed by atoms with Gasteiger partial charge in [0.2, 0.25) is 0 Å². The predicted octanol–water partition coefficient (Wildman–Crippen LogP) is 3.04. The normalized spacial score (nSPS) is 18.2. The van der Waals surface area contributed by atoms with Crippen LogP contribution in [0.4, 0.5) is 0 Å². The molecule has 2 aromatic heterocycles. The van der Waals surface area contributed by atoms with Gasteiger partial charge in [-0.05, 0) is 37.1 Å². The number of nitrogens with one attached hydrogen (secondary N) is 1. The van der Waals surface area contributed by atoms with Gasteiger partial charge in [-0.2, -0.15) is 4.98 Å². The Labute approximate surface area is 127 Å². The number of ether oxygens (including phenoxy) is 2. The highest BCUT2D eigenvalue weighted by Gasteiger charge is 2.24. The molecule has 6 heteroatoms. The molecule has 1 N–H and O–H groups in total. The molecular formula is C16H17N3O3. The Bertz CT molecular complexity index is 815. The van der Waals surface area contributed by atoms with E-state index in [0.717, 1.165) is 46.8 Å². The molecule has 0 radical (unpaired) electrons. The summed E-state index contributed by atoms with van der Waals surface area (Å²) in [5.74, 6) is 2.32. The van der Waals surface area contributed by atoms with Gasteiger partial charge in [-0.3, -0.25) is 0 Å². The largest absolute Gasteiger partial charge is 0.497 e. The number of aromatic amines is 1. The van der Waals surface area contributed by atoms with E-state index in [1.165, 1.54) is 0 Å². The molecule has 1 unspecified atom stereocenters. The number of rotatable bonds is 3. The van der Waals surface area contributed by atoms with Crippen molar-refractivity contribution in [3.63, 3.8) is 0 Å². The second-order valence-corrected chi connectivity index (χ2v) is 5.55. The van der Waals surface area contributed by atoms with Gasteiger partial charge in [-0.1, -0.05) is 5.16 Å². The quantitative estimate of drug-likeness (QED) is 0.804. The van der Waals surface area contributed by atoms with Gasteiger partial charge < -0.3 is 19.0 Å². The van der Waals surface area contributed by atoms with Crippen LogP contribution in [0.3, 0.4) is 0 Å². The summed E-state index contributed by atoms with van der Waals surface area (Å²) in [6, 6.07) is 5.93. The number of methoxy groups -OCH3 is 1. The van der Waals surface area contributed by atoms with Gasteiger partial charge in [0.1, 0.15) is 11.4 Å². The van der Waals surface area contributed by atoms with Crippen molar-refractivity contribution >= 4 is 10.9 Å². The Hall–Kier alpha value is -2.34. The average molecular weight is 299 g/mol. The van der Waals surface area contributed by atoms with E-state index in [2.05, 4.69) is 15.1 Å². The monoisotopic (exact) mass is 299 g/mol. The smallest absolute Gasteiger partial charge is 0.274 e. The highest BCUT2D eigenvalue weighted by molar-refractivity contribution is 5.90. The molecule has 3 aromatic rings. The summed E-state index contributed by atoms with van der Waals surface area (Å²) < 4.78 is 16.1. The summed E-state index contributed by atoms with van der Waals surface area (Å²) in [5, 5.41) is 5.20. The molecule has 6 nitrogen and oxygen atoms in total. The van der Waals surface area contributed by atoms with Gasteiger partial charge in [0.25, 0.3) is 5.89 Å². The van der Waals surface area contributed by atoms with E-state index in [9.17, 15) is 0 Å². The Balaban J connectivity index is 1.75. The van der Waals surface area contributed by atoms with Crippen LogP contribution in [-0.2, 0) is 4.74 Å². The van der Waals surface area contributed by atoms with Crippen molar-refractivity contribution in [3.05, 3.63) is 29.6 Å². The maximum atomic E-state index is 5.45. The van der Waals surface area contributed by atoms with Crippen molar-refractivity contribution in [2.24, 2.45) is 0 Å². The lowest BCUT2D eigenvalue weighted by atomic mass is 10.1. The number of aromatic nitrogens is 3. The Kier molecular flexibility index (Phi) is 3.11. The zero-order valence-electron chi connectivity index (χ0n) is 12.5. The fourth-order valence-corrected chi connectivity index (χ4v) is 2.89. The van der Waals surface area contributed by atoms with Gasteiger partial charge in [0, 0.05) is 23.4 Å². The number of benzene rings is 1. The summed E-state index contributed by atoms with van der Waals surface area (Å²) in [6.07, 6.45) is 0.946. The minimum atomic E-state index is 0.238. The first-order valence-electron chi connectivity index (χ1n) is 7.34. The highest BCUT2D eigenvalue weighted by Crippen LogP contribution is 2.32. The lowest BCUT2D eigenvalue weighted by molar-refractivity contribution is 0.192. The summed E-state index contributed by atoms with van der Waals surface area (Å²) >= 11 is 0.